The van der Waals surface area contributed by atoms with E-state index in [1.807, 2.05) is 12.3 Å². The van der Waals surface area contributed by atoms with Crippen molar-refractivity contribution in [3.8, 4) is 0 Å². The van der Waals surface area contributed by atoms with Crippen LogP contribution >= 0.6 is 0 Å². The average molecular weight is 247 g/mol. The van der Waals surface area contributed by atoms with Gasteiger partial charge in [-0.3, -0.25) is 0 Å². The molecule has 1 aliphatic heterocycles. The van der Waals surface area contributed by atoms with Crippen LogP contribution in [-0.2, 0) is 0 Å². The van der Waals surface area contributed by atoms with E-state index in [0.29, 0.717) is 5.92 Å². The van der Waals surface area contributed by atoms with Crippen molar-refractivity contribution in [3.05, 3.63) is 18.6 Å². The lowest BCUT2D eigenvalue weighted by Crippen LogP contribution is -2.24. The number of aliphatic hydroxyl groups excluding tert-OH is 1. The number of hydrogen-bond acceptors (Lipinski definition) is 5. The van der Waals surface area contributed by atoms with Gasteiger partial charge in [0.2, 0.25) is 0 Å². The van der Waals surface area contributed by atoms with Gasteiger partial charge in [-0.2, -0.15) is 0 Å². The fraction of sp³-hybridized carbons (Fsp3) is 0.500. The molecule has 0 aliphatic carbocycles. The summed E-state index contributed by atoms with van der Waals surface area (Å²) < 4.78 is 0. The number of aromatic amines is 1. The Balaban J connectivity index is 1.65. The first-order chi connectivity index (χ1) is 8.86. The Morgan fingerprint density at radius 3 is 3.22 bits per heavy atom. The van der Waals surface area contributed by atoms with Crippen LogP contribution in [0.1, 0.15) is 6.42 Å². The summed E-state index contributed by atoms with van der Waals surface area (Å²) in [5.74, 6) is 1.40. The average Bonchev–Trinajstić information content (AvgIpc) is 3.05. The molecule has 0 amide bonds. The Morgan fingerprint density at radius 1 is 1.44 bits per heavy atom. The molecule has 6 nitrogen and oxygen atoms in total. The van der Waals surface area contributed by atoms with Crippen molar-refractivity contribution in [2.24, 2.45) is 5.92 Å². The standard InChI is InChI=1S/C12H17N5O/c18-6-9-3-8(4-14-9)5-15-12-10-1-2-13-11(10)16-7-17-12/h1-2,7-9,14,18H,3-6H2,(H2,13,15,16,17)/t8-,9+/m1/s1. The molecular formula is C12H17N5O. The third-order valence-corrected chi connectivity index (χ3v) is 3.45. The molecule has 0 bridgehead atoms. The zero-order valence-corrected chi connectivity index (χ0v) is 10.1. The maximum absolute atomic E-state index is 9.07. The number of H-pyrrole nitrogens is 1. The summed E-state index contributed by atoms with van der Waals surface area (Å²) in [6, 6.07) is 2.22. The predicted octanol–water partition coefficient (Wildman–Crippen LogP) is 0.340. The lowest BCUT2D eigenvalue weighted by atomic mass is 10.1. The summed E-state index contributed by atoms with van der Waals surface area (Å²) in [5, 5.41) is 16.8. The molecule has 1 saturated heterocycles. The molecular weight excluding hydrogens is 230 g/mol. The first-order valence-electron chi connectivity index (χ1n) is 6.23. The minimum atomic E-state index is 0.214. The fourth-order valence-electron chi connectivity index (χ4n) is 2.45. The molecule has 1 fully saturated rings. The van der Waals surface area contributed by atoms with E-state index in [2.05, 4.69) is 25.6 Å². The number of fused-ring (bicyclic) bond motifs is 1. The van der Waals surface area contributed by atoms with Gasteiger partial charge in [0.05, 0.1) is 12.0 Å². The Bertz CT molecular complexity index is 526. The summed E-state index contributed by atoms with van der Waals surface area (Å²) >= 11 is 0. The van der Waals surface area contributed by atoms with Crippen molar-refractivity contribution >= 4 is 16.9 Å². The monoisotopic (exact) mass is 247 g/mol. The predicted molar refractivity (Wildman–Crippen MR) is 69.4 cm³/mol. The number of hydrogen-bond donors (Lipinski definition) is 4. The maximum Gasteiger partial charge on any atom is 0.142 e. The number of nitrogens with zero attached hydrogens (tertiary/aromatic N) is 2. The molecule has 2 atom stereocenters. The van der Waals surface area contributed by atoms with E-state index in [-0.39, 0.29) is 12.6 Å². The molecule has 0 saturated carbocycles. The van der Waals surface area contributed by atoms with Crippen LogP contribution in [0.25, 0.3) is 11.0 Å². The lowest BCUT2D eigenvalue weighted by molar-refractivity contribution is 0.253. The summed E-state index contributed by atoms with van der Waals surface area (Å²) in [4.78, 5) is 11.5. The topological polar surface area (TPSA) is 85.9 Å². The lowest BCUT2D eigenvalue weighted by Gasteiger charge is -2.11. The second-order valence-electron chi connectivity index (χ2n) is 4.73. The molecule has 6 heteroatoms. The molecule has 1 aliphatic rings. The summed E-state index contributed by atoms with van der Waals surface area (Å²) in [6.07, 6.45) is 4.43. The highest BCUT2D eigenvalue weighted by Gasteiger charge is 2.23. The van der Waals surface area contributed by atoms with Gasteiger partial charge in [0.25, 0.3) is 0 Å². The fourth-order valence-corrected chi connectivity index (χ4v) is 2.45. The van der Waals surface area contributed by atoms with Gasteiger partial charge in [-0.1, -0.05) is 0 Å². The van der Waals surface area contributed by atoms with Crippen LogP contribution < -0.4 is 10.6 Å². The third-order valence-electron chi connectivity index (χ3n) is 3.45. The number of rotatable bonds is 4. The molecule has 2 aromatic heterocycles. The van der Waals surface area contributed by atoms with E-state index in [4.69, 9.17) is 5.11 Å². The van der Waals surface area contributed by atoms with Gasteiger partial charge in [0.1, 0.15) is 17.8 Å². The summed E-state index contributed by atoms with van der Waals surface area (Å²) in [6.45, 7) is 2.02. The van der Waals surface area contributed by atoms with Crippen LogP contribution in [0.2, 0.25) is 0 Å². The van der Waals surface area contributed by atoms with Crippen molar-refractivity contribution in [3.63, 3.8) is 0 Å². The van der Waals surface area contributed by atoms with Crippen molar-refractivity contribution in [2.45, 2.75) is 12.5 Å². The van der Waals surface area contributed by atoms with E-state index in [0.717, 1.165) is 36.4 Å². The quantitative estimate of drug-likeness (QED) is 0.626. The van der Waals surface area contributed by atoms with E-state index in [1.54, 1.807) is 6.33 Å². The van der Waals surface area contributed by atoms with Crippen molar-refractivity contribution in [2.75, 3.05) is 25.0 Å². The zero-order valence-electron chi connectivity index (χ0n) is 10.1. The number of nitrogens with one attached hydrogen (secondary N) is 3. The summed E-state index contributed by atoms with van der Waals surface area (Å²) in [7, 11) is 0. The number of aliphatic hydroxyl groups is 1. The molecule has 0 unspecified atom stereocenters. The van der Waals surface area contributed by atoms with Crippen LogP contribution in [0.3, 0.4) is 0 Å². The normalized spacial score (nSPS) is 23.6. The van der Waals surface area contributed by atoms with Crippen molar-refractivity contribution < 1.29 is 5.11 Å². The van der Waals surface area contributed by atoms with Gasteiger partial charge in [-0.05, 0) is 18.4 Å². The SMILES string of the molecule is OC[C@@H]1C[C@@H](CNc2ncnc3[nH]ccc23)CN1. The van der Waals surface area contributed by atoms with Gasteiger partial charge < -0.3 is 20.7 Å². The highest BCUT2D eigenvalue weighted by molar-refractivity contribution is 5.86. The number of aromatic nitrogens is 3. The van der Waals surface area contributed by atoms with Gasteiger partial charge in [-0.15, -0.1) is 0 Å². The second kappa shape index (κ2) is 4.91. The van der Waals surface area contributed by atoms with Crippen molar-refractivity contribution in [1.29, 1.82) is 0 Å². The molecule has 3 rings (SSSR count). The Hall–Kier alpha value is -1.66. The minimum absolute atomic E-state index is 0.214. The number of anilines is 1. The van der Waals surface area contributed by atoms with Crippen LogP contribution in [-0.4, -0.2) is 45.8 Å². The zero-order chi connectivity index (χ0) is 12.4. The van der Waals surface area contributed by atoms with Gasteiger partial charge in [0, 0.05) is 25.3 Å². The highest BCUT2D eigenvalue weighted by Crippen LogP contribution is 2.19. The van der Waals surface area contributed by atoms with Crippen LogP contribution in [0, 0.1) is 5.92 Å². The van der Waals surface area contributed by atoms with Crippen molar-refractivity contribution in [1.82, 2.24) is 20.3 Å². The van der Waals surface area contributed by atoms with E-state index < -0.39 is 0 Å². The highest BCUT2D eigenvalue weighted by atomic mass is 16.3. The van der Waals surface area contributed by atoms with Gasteiger partial charge >= 0.3 is 0 Å². The van der Waals surface area contributed by atoms with E-state index >= 15 is 0 Å². The van der Waals surface area contributed by atoms with Crippen LogP contribution in [0.5, 0.6) is 0 Å². The Morgan fingerprint density at radius 2 is 2.39 bits per heavy atom. The molecule has 4 N–H and O–H groups in total. The van der Waals surface area contributed by atoms with E-state index in [1.165, 1.54) is 0 Å². The van der Waals surface area contributed by atoms with E-state index in [9.17, 15) is 0 Å². The van der Waals surface area contributed by atoms with Gasteiger partial charge in [0.15, 0.2) is 0 Å². The maximum atomic E-state index is 9.07. The molecule has 18 heavy (non-hydrogen) atoms. The van der Waals surface area contributed by atoms with Gasteiger partial charge in [-0.25, -0.2) is 9.97 Å². The smallest absolute Gasteiger partial charge is 0.142 e. The molecule has 0 radical (unpaired) electrons. The molecule has 0 spiro atoms. The largest absolute Gasteiger partial charge is 0.395 e. The third kappa shape index (κ3) is 2.16. The molecule has 0 aromatic carbocycles. The van der Waals surface area contributed by atoms with Crippen LogP contribution in [0.15, 0.2) is 18.6 Å². The first kappa shape index (κ1) is 11.4. The summed E-state index contributed by atoms with van der Waals surface area (Å²) in [5.41, 5.74) is 0.852. The molecule has 3 heterocycles. The molecule has 2 aromatic rings. The Labute approximate surface area is 105 Å². The second-order valence-corrected chi connectivity index (χ2v) is 4.73. The first-order valence-corrected chi connectivity index (χ1v) is 6.23. The van der Waals surface area contributed by atoms with Crippen LogP contribution in [0.4, 0.5) is 5.82 Å². The Kier molecular flexibility index (Phi) is 3.12. The minimum Gasteiger partial charge on any atom is -0.395 e. The molecule has 96 valence electrons.